The molecule has 130 valence electrons. The van der Waals surface area contributed by atoms with E-state index in [1.165, 1.54) is 5.69 Å². The van der Waals surface area contributed by atoms with Gasteiger partial charge in [0.1, 0.15) is 0 Å². The molecule has 25 heavy (non-hydrogen) atoms. The SMILES string of the molecule is Cc1cccc(CN2CCCn3cnc(Cn4nncc4C)c3C2)n1. The second-order valence-electron chi connectivity index (χ2n) is 6.70. The molecule has 3 aromatic heterocycles. The van der Waals surface area contributed by atoms with Gasteiger partial charge in [-0.05, 0) is 32.4 Å². The van der Waals surface area contributed by atoms with E-state index in [1.54, 1.807) is 6.20 Å². The van der Waals surface area contributed by atoms with Gasteiger partial charge in [0.15, 0.2) is 0 Å². The Kier molecular flexibility index (Phi) is 4.31. The molecule has 4 rings (SSSR count). The minimum absolute atomic E-state index is 0.671. The Morgan fingerprint density at radius 2 is 2.04 bits per heavy atom. The first-order chi connectivity index (χ1) is 12.2. The second-order valence-corrected chi connectivity index (χ2v) is 6.70. The molecule has 0 saturated carbocycles. The van der Waals surface area contributed by atoms with Crippen LogP contribution in [0.5, 0.6) is 0 Å². The highest BCUT2D eigenvalue weighted by atomic mass is 15.4. The van der Waals surface area contributed by atoms with E-state index in [2.05, 4.69) is 41.9 Å². The van der Waals surface area contributed by atoms with Crippen LogP contribution in [0.4, 0.5) is 0 Å². The molecule has 0 aliphatic carbocycles. The Morgan fingerprint density at radius 1 is 1.12 bits per heavy atom. The van der Waals surface area contributed by atoms with E-state index in [0.717, 1.165) is 55.4 Å². The monoisotopic (exact) mass is 337 g/mol. The van der Waals surface area contributed by atoms with Gasteiger partial charge in [-0.2, -0.15) is 0 Å². The van der Waals surface area contributed by atoms with E-state index in [1.807, 2.05) is 30.9 Å². The first-order valence-corrected chi connectivity index (χ1v) is 8.72. The van der Waals surface area contributed by atoms with E-state index < -0.39 is 0 Å². The minimum atomic E-state index is 0.671. The number of rotatable bonds is 4. The van der Waals surface area contributed by atoms with Crippen LogP contribution in [0.1, 0.15) is 34.9 Å². The molecule has 0 fully saturated rings. The van der Waals surface area contributed by atoms with Gasteiger partial charge < -0.3 is 4.57 Å². The Morgan fingerprint density at radius 3 is 2.84 bits per heavy atom. The quantitative estimate of drug-likeness (QED) is 0.728. The number of aryl methyl sites for hydroxylation is 3. The zero-order valence-electron chi connectivity index (χ0n) is 14.8. The average molecular weight is 337 g/mol. The van der Waals surface area contributed by atoms with Crippen molar-refractivity contribution in [2.24, 2.45) is 0 Å². The molecule has 1 aliphatic rings. The lowest BCUT2D eigenvalue weighted by Gasteiger charge is -2.20. The summed E-state index contributed by atoms with van der Waals surface area (Å²) in [7, 11) is 0. The summed E-state index contributed by atoms with van der Waals surface area (Å²) in [5.41, 5.74) is 5.61. The maximum absolute atomic E-state index is 4.65. The fourth-order valence-corrected chi connectivity index (χ4v) is 3.37. The fourth-order valence-electron chi connectivity index (χ4n) is 3.37. The molecule has 7 heteroatoms. The van der Waals surface area contributed by atoms with Crippen LogP contribution in [-0.2, 0) is 26.2 Å². The van der Waals surface area contributed by atoms with E-state index in [4.69, 9.17) is 0 Å². The normalized spacial score (nSPS) is 15.1. The van der Waals surface area contributed by atoms with Crippen LogP contribution in [-0.4, -0.2) is 41.0 Å². The van der Waals surface area contributed by atoms with Crippen molar-refractivity contribution in [2.75, 3.05) is 6.54 Å². The van der Waals surface area contributed by atoms with Crippen LogP contribution in [0.3, 0.4) is 0 Å². The van der Waals surface area contributed by atoms with Gasteiger partial charge in [0.2, 0.25) is 0 Å². The number of hydrogen-bond donors (Lipinski definition) is 0. The van der Waals surface area contributed by atoms with Gasteiger partial charge in [-0.1, -0.05) is 11.3 Å². The molecule has 0 bridgehead atoms. The molecule has 7 nitrogen and oxygen atoms in total. The van der Waals surface area contributed by atoms with Crippen LogP contribution in [0.2, 0.25) is 0 Å². The number of imidazole rings is 1. The second kappa shape index (κ2) is 6.76. The summed E-state index contributed by atoms with van der Waals surface area (Å²) in [6, 6.07) is 6.23. The zero-order valence-corrected chi connectivity index (χ0v) is 14.8. The lowest BCUT2D eigenvalue weighted by atomic mass is 10.2. The third-order valence-electron chi connectivity index (χ3n) is 4.72. The molecule has 4 heterocycles. The standard InChI is InChI=1S/C18H23N7/c1-14-5-3-6-16(21-14)10-23-7-4-8-24-13-19-17(18(24)12-23)11-25-15(2)9-20-22-25/h3,5-6,9,13H,4,7-8,10-12H2,1-2H3. The molecule has 0 atom stereocenters. The van der Waals surface area contributed by atoms with Gasteiger partial charge in [0.05, 0.1) is 41.8 Å². The summed E-state index contributed by atoms with van der Waals surface area (Å²) in [5, 5.41) is 8.12. The van der Waals surface area contributed by atoms with Crippen molar-refractivity contribution in [3.8, 4) is 0 Å². The average Bonchev–Trinajstić information content (AvgIpc) is 3.09. The highest BCUT2D eigenvalue weighted by Crippen LogP contribution is 2.19. The largest absolute Gasteiger partial charge is 0.333 e. The summed E-state index contributed by atoms with van der Waals surface area (Å²) in [5.74, 6) is 0. The topological polar surface area (TPSA) is 64.7 Å². The molecular weight excluding hydrogens is 314 g/mol. The van der Waals surface area contributed by atoms with Crippen molar-refractivity contribution >= 4 is 0 Å². The van der Waals surface area contributed by atoms with E-state index in [-0.39, 0.29) is 0 Å². The van der Waals surface area contributed by atoms with Crippen molar-refractivity contribution in [1.29, 1.82) is 0 Å². The molecule has 0 aromatic carbocycles. The predicted molar refractivity (Wildman–Crippen MR) is 93.8 cm³/mol. The Labute approximate surface area is 147 Å². The summed E-state index contributed by atoms with van der Waals surface area (Å²) in [6.45, 7) is 8.57. The number of fused-ring (bicyclic) bond motifs is 1. The lowest BCUT2D eigenvalue weighted by molar-refractivity contribution is 0.256. The molecular formula is C18H23N7. The van der Waals surface area contributed by atoms with Gasteiger partial charge in [-0.3, -0.25) is 9.88 Å². The van der Waals surface area contributed by atoms with E-state index >= 15 is 0 Å². The zero-order chi connectivity index (χ0) is 17.2. The number of nitrogens with zero attached hydrogens (tertiary/aromatic N) is 7. The highest BCUT2D eigenvalue weighted by Gasteiger charge is 2.20. The van der Waals surface area contributed by atoms with Crippen LogP contribution in [0.15, 0.2) is 30.7 Å². The Hall–Kier alpha value is -2.54. The fraction of sp³-hybridized carbons (Fsp3) is 0.444. The molecule has 3 aromatic rings. The number of pyridine rings is 1. The summed E-state index contributed by atoms with van der Waals surface area (Å²) in [6.07, 6.45) is 4.87. The van der Waals surface area contributed by atoms with Gasteiger partial charge in [0, 0.05) is 31.9 Å². The van der Waals surface area contributed by atoms with Crippen molar-refractivity contribution < 1.29 is 0 Å². The summed E-state index contributed by atoms with van der Waals surface area (Å²) < 4.78 is 4.19. The first kappa shape index (κ1) is 16.0. The smallest absolute Gasteiger partial charge is 0.0952 e. The van der Waals surface area contributed by atoms with Gasteiger partial charge in [-0.25, -0.2) is 9.67 Å². The lowest BCUT2D eigenvalue weighted by Crippen LogP contribution is -2.24. The molecule has 0 spiro atoms. The third-order valence-corrected chi connectivity index (χ3v) is 4.72. The van der Waals surface area contributed by atoms with Gasteiger partial charge >= 0.3 is 0 Å². The van der Waals surface area contributed by atoms with Gasteiger partial charge in [0.25, 0.3) is 0 Å². The van der Waals surface area contributed by atoms with E-state index in [9.17, 15) is 0 Å². The molecule has 1 aliphatic heterocycles. The van der Waals surface area contributed by atoms with Crippen LogP contribution in [0.25, 0.3) is 0 Å². The molecule has 0 saturated heterocycles. The maximum Gasteiger partial charge on any atom is 0.0952 e. The van der Waals surface area contributed by atoms with Crippen LogP contribution in [0, 0.1) is 13.8 Å². The van der Waals surface area contributed by atoms with Crippen molar-refractivity contribution in [3.05, 3.63) is 59.2 Å². The summed E-state index contributed by atoms with van der Waals surface area (Å²) in [4.78, 5) is 11.8. The minimum Gasteiger partial charge on any atom is -0.333 e. The maximum atomic E-state index is 4.65. The van der Waals surface area contributed by atoms with Crippen molar-refractivity contribution in [1.82, 2.24) is 34.4 Å². The molecule has 0 radical (unpaired) electrons. The van der Waals surface area contributed by atoms with Crippen LogP contribution >= 0.6 is 0 Å². The molecule has 0 N–H and O–H groups in total. The van der Waals surface area contributed by atoms with Crippen LogP contribution < -0.4 is 0 Å². The third kappa shape index (κ3) is 3.46. The Bertz CT molecular complexity index is 864. The van der Waals surface area contributed by atoms with Crippen molar-refractivity contribution in [3.63, 3.8) is 0 Å². The number of hydrogen-bond acceptors (Lipinski definition) is 5. The first-order valence-electron chi connectivity index (χ1n) is 8.72. The molecule has 0 unspecified atom stereocenters. The Balaban J connectivity index is 1.55. The number of aromatic nitrogens is 6. The highest BCUT2D eigenvalue weighted by molar-refractivity contribution is 5.16. The van der Waals surface area contributed by atoms with Crippen molar-refractivity contribution in [2.45, 2.75) is 46.4 Å². The van der Waals surface area contributed by atoms with Gasteiger partial charge in [-0.15, -0.1) is 5.10 Å². The predicted octanol–water partition coefficient (Wildman–Crippen LogP) is 1.94. The van der Waals surface area contributed by atoms with E-state index in [0.29, 0.717) is 6.54 Å². The molecule has 0 amide bonds. The summed E-state index contributed by atoms with van der Waals surface area (Å²) >= 11 is 0.